The third-order valence-electron chi connectivity index (χ3n) is 3.60. The van der Waals surface area contributed by atoms with E-state index < -0.39 is 0 Å². The first-order valence-corrected chi connectivity index (χ1v) is 7.22. The smallest absolute Gasteiger partial charge is 0.119 e. The van der Waals surface area contributed by atoms with Gasteiger partial charge in [0.2, 0.25) is 0 Å². The second-order valence-corrected chi connectivity index (χ2v) is 5.57. The number of nitrogens with zero attached hydrogens (tertiary/aromatic N) is 1. The van der Waals surface area contributed by atoms with E-state index in [1.165, 1.54) is 16.7 Å². The highest BCUT2D eigenvalue weighted by molar-refractivity contribution is 5.28. The molecule has 0 bridgehead atoms. The van der Waals surface area contributed by atoms with Crippen molar-refractivity contribution in [3.05, 3.63) is 65.2 Å². The van der Waals surface area contributed by atoms with E-state index in [1.54, 1.807) is 7.11 Å². The number of likely N-dealkylation sites (N-methyl/N-ethyl adjacent to an activating group) is 1. The standard InChI is InChI=1S/C18H24N2O/c1-14-7-9-16(10-8-14)18(19)13-20(2)12-15-5-4-6-17(11-15)21-3/h4-11,18H,12-13,19H2,1-3H3. The van der Waals surface area contributed by atoms with E-state index in [-0.39, 0.29) is 6.04 Å². The maximum Gasteiger partial charge on any atom is 0.119 e. The summed E-state index contributed by atoms with van der Waals surface area (Å²) in [5.41, 5.74) is 9.96. The van der Waals surface area contributed by atoms with E-state index in [0.717, 1.165) is 18.8 Å². The van der Waals surface area contributed by atoms with Crippen LogP contribution in [-0.2, 0) is 6.54 Å². The van der Waals surface area contributed by atoms with E-state index in [9.17, 15) is 0 Å². The summed E-state index contributed by atoms with van der Waals surface area (Å²) in [6, 6.07) is 16.6. The van der Waals surface area contributed by atoms with Crippen LogP contribution < -0.4 is 10.5 Å². The molecule has 2 rings (SSSR count). The first-order valence-electron chi connectivity index (χ1n) is 7.22. The molecule has 0 radical (unpaired) electrons. The molecule has 1 unspecified atom stereocenters. The predicted octanol–water partition coefficient (Wildman–Crippen LogP) is 3.14. The molecule has 0 aliphatic rings. The molecular weight excluding hydrogens is 260 g/mol. The van der Waals surface area contributed by atoms with Crippen LogP contribution in [0.15, 0.2) is 48.5 Å². The number of methoxy groups -OCH3 is 1. The molecule has 0 aliphatic carbocycles. The molecule has 2 N–H and O–H groups in total. The van der Waals surface area contributed by atoms with Gasteiger partial charge in [-0.3, -0.25) is 0 Å². The third-order valence-corrected chi connectivity index (χ3v) is 3.60. The van der Waals surface area contributed by atoms with Gasteiger partial charge in [-0.1, -0.05) is 42.0 Å². The molecule has 3 heteroatoms. The van der Waals surface area contributed by atoms with Gasteiger partial charge in [0.1, 0.15) is 5.75 Å². The van der Waals surface area contributed by atoms with Crippen LogP contribution in [0.1, 0.15) is 22.7 Å². The summed E-state index contributed by atoms with van der Waals surface area (Å²) in [5, 5.41) is 0. The number of hydrogen-bond donors (Lipinski definition) is 1. The lowest BCUT2D eigenvalue weighted by molar-refractivity contribution is 0.304. The Morgan fingerprint density at radius 1 is 1.14 bits per heavy atom. The number of hydrogen-bond acceptors (Lipinski definition) is 3. The lowest BCUT2D eigenvalue weighted by Crippen LogP contribution is -2.28. The van der Waals surface area contributed by atoms with Gasteiger partial charge in [0.15, 0.2) is 0 Å². The van der Waals surface area contributed by atoms with Crippen molar-refractivity contribution >= 4 is 0 Å². The van der Waals surface area contributed by atoms with Crippen LogP contribution in [0.3, 0.4) is 0 Å². The Hall–Kier alpha value is -1.84. The summed E-state index contributed by atoms with van der Waals surface area (Å²) >= 11 is 0. The molecule has 2 aromatic rings. The number of rotatable bonds is 6. The van der Waals surface area contributed by atoms with Crippen LogP contribution in [0.2, 0.25) is 0 Å². The minimum atomic E-state index is 0.0289. The van der Waals surface area contributed by atoms with Crippen molar-refractivity contribution in [2.24, 2.45) is 5.73 Å². The minimum absolute atomic E-state index is 0.0289. The summed E-state index contributed by atoms with van der Waals surface area (Å²) in [4.78, 5) is 2.24. The Kier molecular flexibility index (Phi) is 5.37. The zero-order chi connectivity index (χ0) is 15.2. The average Bonchev–Trinajstić information content (AvgIpc) is 2.47. The first-order chi connectivity index (χ1) is 10.1. The van der Waals surface area contributed by atoms with E-state index >= 15 is 0 Å². The topological polar surface area (TPSA) is 38.5 Å². The fourth-order valence-electron chi connectivity index (χ4n) is 2.40. The van der Waals surface area contributed by atoms with Crippen LogP contribution in [-0.4, -0.2) is 25.6 Å². The molecule has 0 aromatic heterocycles. The second-order valence-electron chi connectivity index (χ2n) is 5.57. The second kappa shape index (κ2) is 7.25. The van der Waals surface area contributed by atoms with E-state index in [4.69, 9.17) is 10.5 Å². The molecule has 0 saturated carbocycles. The maximum atomic E-state index is 6.29. The van der Waals surface area contributed by atoms with Crippen molar-refractivity contribution in [3.8, 4) is 5.75 Å². The van der Waals surface area contributed by atoms with Crippen molar-refractivity contribution in [1.29, 1.82) is 0 Å². The van der Waals surface area contributed by atoms with Gasteiger partial charge in [0.05, 0.1) is 7.11 Å². The van der Waals surface area contributed by atoms with E-state index in [1.807, 2.05) is 12.1 Å². The quantitative estimate of drug-likeness (QED) is 0.885. The van der Waals surface area contributed by atoms with Gasteiger partial charge in [-0.05, 0) is 37.2 Å². The fourth-order valence-corrected chi connectivity index (χ4v) is 2.40. The van der Waals surface area contributed by atoms with Gasteiger partial charge in [-0.2, -0.15) is 0 Å². The molecule has 1 atom stereocenters. The third kappa shape index (κ3) is 4.59. The lowest BCUT2D eigenvalue weighted by Gasteiger charge is -2.22. The zero-order valence-corrected chi connectivity index (χ0v) is 13.0. The fraction of sp³-hybridized carbons (Fsp3) is 0.333. The summed E-state index contributed by atoms with van der Waals surface area (Å²) in [5.74, 6) is 0.892. The number of nitrogens with two attached hydrogens (primary N) is 1. The minimum Gasteiger partial charge on any atom is -0.497 e. The lowest BCUT2D eigenvalue weighted by atomic mass is 10.1. The van der Waals surface area contributed by atoms with Crippen LogP contribution in [0, 0.1) is 6.92 Å². The van der Waals surface area contributed by atoms with Crippen molar-refractivity contribution in [3.63, 3.8) is 0 Å². The summed E-state index contributed by atoms with van der Waals surface area (Å²) in [6.45, 7) is 3.77. The van der Waals surface area contributed by atoms with Gasteiger partial charge in [0.25, 0.3) is 0 Å². The molecule has 2 aromatic carbocycles. The molecule has 21 heavy (non-hydrogen) atoms. The molecule has 0 saturated heterocycles. The highest BCUT2D eigenvalue weighted by atomic mass is 16.5. The van der Waals surface area contributed by atoms with Crippen molar-refractivity contribution in [2.75, 3.05) is 20.7 Å². The van der Waals surface area contributed by atoms with Crippen molar-refractivity contribution in [2.45, 2.75) is 19.5 Å². The summed E-state index contributed by atoms with van der Waals surface area (Å²) < 4.78 is 5.25. The molecule has 0 amide bonds. The molecule has 0 spiro atoms. The van der Waals surface area contributed by atoms with Gasteiger partial charge < -0.3 is 15.4 Å². The first kappa shape index (κ1) is 15.5. The molecule has 0 aliphatic heterocycles. The summed E-state index contributed by atoms with van der Waals surface area (Å²) in [7, 11) is 3.78. The Morgan fingerprint density at radius 3 is 2.52 bits per heavy atom. The normalized spacial score (nSPS) is 12.4. The molecule has 3 nitrogen and oxygen atoms in total. The van der Waals surface area contributed by atoms with E-state index in [2.05, 4.69) is 55.3 Å². The van der Waals surface area contributed by atoms with Gasteiger partial charge in [-0.15, -0.1) is 0 Å². The highest BCUT2D eigenvalue weighted by Crippen LogP contribution is 2.16. The van der Waals surface area contributed by atoms with Crippen LogP contribution in [0.25, 0.3) is 0 Å². The van der Waals surface area contributed by atoms with Gasteiger partial charge in [0, 0.05) is 19.1 Å². The maximum absolute atomic E-state index is 6.29. The molecule has 0 heterocycles. The molecular formula is C18H24N2O. The number of ether oxygens (including phenoxy) is 1. The SMILES string of the molecule is COc1cccc(CN(C)CC(N)c2ccc(C)cc2)c1. The summed E-state index contributed by atoms with van der Waals surface area (Å²) in [6.07, 6.45) is 0. The van der Waals surface area contributed by atoms with Crippen LogP contribution >= 0.6 is 0 Å². The van der Waals surface area contributed by atoms with E-state index in [0.29, 0.717) is 0 Å². The number of benzene rings is 2. The number of aryl methyl sites for hydroxylation is 1. The van der Waals surface area contributed by atoms with Crippen LogP contribution in [0.4, 0.5) is 0 Å². The van der Waals surface area contributed by atoms with Crippen molar-refractivity contribution in [1.82, 2.24) is 4.90 Å². The average molecular weight is 284 g/mol. The monoisotopic (exact) mass is 284 g/mol. The Morgan fingerprint density at radius 2 is 1.86 bits per heavy atom. The Bertz CT molecular complexity index is 566. The van der Waals surface area contributed by atoms with Crippen LogP contribution in [0.5, 0.6) is 5.75 Å². The Balaban J connectivity index is 1.94. The van der Waals surface area contributed by atoms with Gasteiger partial charge in [-0.25, -0.2) is 0 Å². The molecule has 112 valence electrons. The predicted molar refractivity (Wildman–Crippen MR) is 87.4 cm³/mol. The molecule has 0 fully saturated rings. The zero-order valence-electron chi connectivity index (χ0n) is 13.0. The highest BCUT2D eigenvalue weighted by Gasteiger charge is 2.10. The van der Waals surface area contributed by atoms with Gasteiger partial charge >= 0.3 is 0 Å². The Labute approximate surface area is 127 Å². The largest absolute Gasteiger partial charge is 0.497 e. The van der Waals surface area contributed by atoms with Crippen molar-refractivity contribution < 1.29 is 4.74 Å².